The van der Waals surface area contributed by atoms with Crippen LogP contribution in [0.2, 0.25) is 0 Å². The third-order valence-corrected chi connectivity index (χ3v) is 6.97. The van der Waals surface area contributed by atoms with Gasteiger partial charge in [-0.2, -0.15) is 0 Å². The molecule has 3 aromatic carbocycles. The van der Waals surface area contributed by atoms with Crippen molar-refractivity contribution in [2.45, 2.75) is 44.9 Å². The second-order valence-corrected chi connectivity index (χ2v) is 10.6. The van der Waals surface area contributed by atoms with Crippen molar-refractivity contribution in [3.63, 3.8) is 0 Å². The molecule has 0 saturated heterocycles. The van der Waals surface area contributed by atoms with E-state index in [1.165, 1.54) is 37.5 Å². The molecule has 4 N–H and O–H groups in total. The van der Waals surface area contributed by atoms with Crippen molar-refractivity contribution in [2.75, 3.05) is 12.4 Å². The van der Waals surface area contributed by atoms with Crippen LogP contribution in [0.1, 0.15) is 48.9 Å². The number of anilines is 1. The molecule has 232 valence electrons. The second kappa shape index (κ2) is 16.0. The molecule has 0 aliphatic rings. The van der Waals surface area contributed by atoms with Gasteiger partial charge in [-0.05, 0) is 67.4 Å². The van der Waals surface area contributed by atoms with E-state index in [4.69, 9.17) is 9.84 Å². The number of aliphatic carboxylic acids is 1. The summed E-state index contributed by atoms with van der Waals surface area (Å²) in [6.07, 6.45) is -0.261. The molecule has 0 fully saturated rings. The number of carboxylic acids is 1. The number of aromatic nitrogens is 1. The van der Waals surface area contributed by atoms with Crippen LogP contribution in [0.15, 0.2) is 78.9 Å². The van der Waals surface area contributed by atoms with Crippen molar-refractivity contribution in [3.05, 3.63) is 102 Å². The van der Waals surface area contributed by atoms with Crippen molar-refractivity contribution in [3.8, 4) is 28.0 Å². The maximum absolute atomic E-state index is 14.2. The Bertz CT molecular complexity index is 1650. The van der Waals surface area contributed by atoms with Gasteiger partial charge in [0.1, 0.15) is 23.1 Å². The van der Waals surface area contributed by atoms with Crippen LogP contribution in [0.25, 0.3) is 28.3 Å². The Hall–Kier alpha value is -3.80. The van der Waals surface area contributed by atoms with E-state index in [-0.39, 0.29) is 47.7 Å². The number of nitrogens with zero attached hydrogens (tertiary/aromatic N) is 1. The number of methoxy groups -OCH3 is 1. The Morgan fingerprint density at radius 3 is 2.04 bits per heavy atom. The molecule has 0 unspecified atom stereocenters. The Morgan fingerprint density at radius 1 is 0.933 bits per heavy atom. The molecule has 0 spiro atoms. The molecule has 1 amide bonds. The van der Waals surface area contributed by atoms with E-state index in [2.05, 4.69) is 5.32 Å². The van der Waals surface area contributed by atoms with Crippen LogP contribution in [-0.2, 0) is 4.79 Å². The van der Waals surface area contributed by atoms with Crippen molar-refractivity contribution < 1.29 is 38.4 Å². The zero-order valence-electron chi connectivity index (χ0n) is 24.5. The Morgan fingerprint density at radius 2 is 1.51 bits per heavy atom. The first-order valence-corrected chi connectivity index (χ1v) is 14.0. The van der Waals surface area contributed by atoms with E-state index in [1.807, 2.05) is 13.8 Å². The number of nitrogens with one attached hydrogen (secondary N) is 1. The van der Waals surface area contributed by atoms with Gasteiger partial charge in [-0.3, -0.25) is 9.59 Å². The van der Waals surface area contributed by atoms with Gasteiger partial charge in [0.2, 0.25) is 0 Å². The molecular formula is C34H35F2N2NaO6. The number of hydrogen-bond donors (Lipinski definition) is 4. The summed E-state index contributed by atoms with van der Waals surface area (Å²) in [6, 6.07) is 17.9. The first-order chi connectivity index (χ1) is 21.0. The number of amides is 1. The van der Waals surface area contributed by atoms with Gasteiger partial charge in [-0.15, -0.1) is 0 Å². The fourth-order valence-electron chi connectivity index (χ4n) is 5.07. The number of ether oxygens (including phenoxy) is 1. The fraction of sp³-hybridized carbons (Fsp3) is 0.235. The summed E-state index contributed by atoms with van der Waals surface area (Å²) >= 11 is 0. The summed E-state index contributed by atoms with van der Waals surface area (Å²) in [6.45, 7) is 3.74. The quantitative estimate of drug-likeness (QED) is 0.145. The summed E-state index contributed by atoms with van der Waals surface area (Å²) in [5.74, 6) is -2.07. The number of carboxylic acid groups (broad SMARTS) is 1. The predicted molar refractivity (Wildman–Crippen MR) is 172 cm³/mol. The zero-order valence-corrected chi connectivity index (χ0v) is 24.5. The van der Waals surface area contributed by atoms with Crippen LogP contribution in [0.3, 0.4) is 0 Å². The van der Waals surface area contributed by atoms with Gasteiger partial charge in [-0.1, -0.05) is 36.4 Å². The number of halogens is 2. The standard InChI is InChI=1S/C34H34F2N2O6.Na.H/c1-20(2)38-29(16-15-26(39)18-27(40)19-30(41)42)31(21-7-11-23(35)12-8-21)32(22-9-13-24(36)14-10-22)33(38)34(43)37-25-5-4-6-28(17-25)44-3;;/h4-17,20,26-27,39-40H,18-19H2,1-3H3,(H,37,43)(H,41,42);;/b16-15+;;/t26-,27-;;/m1../s1. The summed E-state index contributed by atoms with van der Waals surface area (Å²) in [4.78, 5) is 25.2. The van der Waals surface area contributed by atoms with E-state index < -0.39 is 42.1 Å². The van der Waals surface area contributed by atoms with E-state index in [0.717, 1.165) is 0 Å². The molecule has 0 aliphatic carbocycles. The number of rotatable bonds is 12. The average Bonchev–Trinajstić information content (AvgIpc) is 3.32. The van der Waals surface area contributed by atoms with Crippen molar-refractivity contribution in [1.82, 2.24) is 4.57 Å². The van der Waals surface area contributed by atoms with E-state index in [1.54, 1.807) is 59.2 Å². The monoisotopic (exact) mass is 628 g/mol. The van der Waals surface area contributed by atoms with Crippen LogP contribution < -0.4 is 10.1 Å². The average molecular weight is 629 g/mol. The van der Waals surface area contributed by atoms with Gasteiger partial charge < -0.3 is 29.9 Å². The van der Waals surface area contributed by atoms with E-state index in [0.29, 0.717) is 39.4 Å². The van der Waals surface area contributed by atoms with E-state index in [9.17, 15) is 28.6 Å². The van der Waals surface area contributed by atoms with Crippen LogP contribution in [0.5, 0.6) is 5.75 Å². The number of aliphatic hydroxyl groups is 2. The molecule has 1 heterocycles. The van der Waals surface area contributed by atoms with Crippen LogP contribution in [0.4, 0.5) is 14.5 Å². The van der Waals surface area contributed by atoms with E-state index >= 15 is 0 Å². The van der Waals surface area contributed by atoms with Crippen LogP contribution in [-0.4, -0.2) is 80.6 Å². The molecule has 0 saturated carbocycles. The number of benzene rings is 3. The minimum atomic E-state index is -1.28. The van der Waals surface area contributed by atoms with Gasteiger partial charge in [0.15, 0.2) is 0 Å². The third kappa shape index (κ3) is 8.90. The first-order valence-electron chi connectivity index (χ1n) is 14.0. The zero-order chi connectivity index (χ0) is 32.0. The number of carbonyl (C=O) groups excluding carboxylic acids is 1. The molecule has 0 radical (unpaired) electrons. The molecule has 8 nitrogen and oxygen atoms in total. The summed E-state index contributed by atoms with van der Waals surface area (Å²) in [5, 5.41) is 32.6. The third-order valence-electron chi connectivity index (χ3n) is 6.97. The topological polar surface area (TPSA) is 121 Å². The van der Waals surface area contributed by atoms with Gasteiger partial charge in [0, 0.05) is 41.0 Å². The Balaban J connectivity index is 0.00000552. The van der Waals surface area contributed by atoms with Crippen LogP contribution >= 0.6 is 0 Å². The molecule has 1 aromatic heterocycles. The van der Waals surface area contributed by atoms with Gasteiger partial charge in [-0.25, -0.2) is 8.78 Å². The molecule has 4 aromatic rings. The minimum absolute atomic E-state index is 0. The SMILES string of the molecule is COc1cccc(NC(=O)c2c(-c3ccc(F)cc3)c(-c3ccc(F)cc3)c(/C=C/[C@@H](O)C[C@@H](O)CC(=O)O)n2C(C)C)c1.[NaH]. The van der Waals surface area contributed by atoms with Crippen molar-refractivity contribution in [1.29, 1.82) is 0 Å². The van der Waals surface area contributed by atoms with Crippen molar-refractivity contribution in [2.24, 2.45) is 0 Å². The van der Waals surface area contributed by atoms with Crippen LogP contribution in [0, 0.1) is 11.6 Å². The number of aliphatic hydroxyl groups excluding tert-OH is 2. The predicted octanol–water partition coefficient (Wildman–Crippen LogP) is 5.89. The summed E-state index contributed by atoms with van der Waals surface area (Å²) < 4.78 is 35.2. The fourth-order valence-corrected chi connectivity index (χ4v) is 5.07. The molecule has 0 bridgehead atoms. The van der Waals surface area contributed by atoms with Gasteiger partial charge in [0.25, 0.3) is 5.91 Å². The Labute approximate surface area is 282 Å². The molecule has 11 heteroatoms. The Kier molecular flexibility index (Phi) is 12.7. The maximum atomic E-state index is 14.2. The molecular weight excluding hydrogens is 593 g/mol. The first kappa shape index (κ1) is 35.7. The number of carbonyl (C=O) groups is 2. The molecule has 4 rings (SSSR count). The summed E-state index contributed by atoms with van der Waals surface area (Å²) in [7, 11) is 1.51. The summed E-state index contributed by atoms with van der Waals surface area (Å²) in [5.41, 5.74) is 3.23. The van der Waals surface area contributed by atoms with Crippen molar-refractivity contribution >= 4 is 53.2 Å². The second-order valence-electron chi connectivity index (χ2n) is 10.6. The molecule has 45 heavy (non-hydrogen) atoms. The normalized spacial score (nSPS) is 12.5. The van der Waals surface area contributed by atoms with Gasteiger partial charge in [0.05, 0.1) is 25.7 Å². The molecule has 0 aliphatic heterocycles. The van der Waals surface area contributed by atoms with Gasteiger partial charge >= 0.3 is 35.5 Å². The number of hydrogen-bond acceptors (Lipinski definition) is 5. The molecule has 2 atom stereocenters.